The minimum absolute atomic E-state index is 0.0549. The highest BCUT2D eigenvalue weighted by atomic mass is 15.0. The topological polar surface area (TPSA) is 38.7 Å². The molecule has 3 nitrogen and oxygen atoms in total. The van der Waals surface area contributed by atoms with Crippen LogP contribution in [0, 0.1) is 23.7 Å². The van der Waals surface area contributed by atoms with Crippen molar-refractivity contribution in [2.45, 2.75) is 43.4 Å². The molecule has 13 rings (SSSR count). The third-order valence-corrected chi connectivity index (χ3v) is 16.0. The van der Waals surface area contributed by atoms with Gasteiger partial charge in [-0.3, -0.25) is 0 Å². The number of nitrogens with zero attached hydrogens (tertiary/aromatic N) is 3. The van der Waals surface area contributed by atoms with Gasteiger partial charge in [-0.25, -0.2) is 15.0 Å². The maximum Gasteiger partial charge on any atom is 0.164 e. The molecule has 0 spiro atoms. The molecule has 0 N–H and O–H groups in total. The van der Waals surface area contributed by atoms with E-state index in [0.29, 0.717) is 47.1 Å². The summed E-state index contributed by atoms with van der Waals surface area (Å²) in [6.45, 7) is 0. The van der Waals surface area contributed by atoms with Crippen LogP contribution in [0.4, 0.5) is 0 Å². The third kappa shape index (κ3) is 6.58. The molecule has 322 valence electrons. The Morgan fingerprint density at radius 2 is 1.04 bits per heavy atom. The zero-order valence-corrected chi connectivity index (χ0v) is 37.5. The molecule has 0 saturated heterocycles. The largest absolute Gasteiger partial charge is 0.208 e. The monoisotopic (exact) mass is 861 g/mol. The lowest BCUT2D eigenvalue weighted by atomic mass is 9.58. The second-order valence-corrected chi connectivity index (χ2v) is 19.2. The number of allylic oxidation sites excluding steroid dienone is 5. The lowest BCUT2D eigenvalue weighted by Gasteiger charge is -2.45. The summed E-state index contributed by atoms with van der Waals surface area (Å²) in [5.74, 6) is 4.58. The summed E-state index contributed by atoms with van der Waals surface area (Å²) in [5, 5.41) is 5.44. The number of fused-ring (bicyclic) bond motifs is 9. The molecule has 1 aromatic heterocycles. The molecule has 0 aliphatic heterocycles. The van der Waals surface area contributed by atoms with E-state index in [9.17, 15) is 0 Å². The summed E-state index contributed by atoms with van der Waals surface area (Å²) in [7, 11) is 0. The lowest BCUT2D eigenvalue weighted by molar-refractivity contribution is 0.189. The summed E-state index contributed by atoms with van der Waals surface area (Å²) >= 11 is 0. The number of aryl methyl sites for hydroxylation is 1. The molecule has 5 unspecified atom stereocenters. The minimum Gasteiger partial charge on any atom is -0.208 e. The molecule has 0 amide bonds. The third-order valence-electron chi connectivity index (χ3n) is 16.0. The maximum absolute atomic E-state index is 5.11. The normalized spacial score (nSPS) is 21.4. The Hall–Kier alpha value is -7.49. The summed E-state index contributed by atoms with van der Waals surface area (Å²) in [6.07, 6.45) is 17.8. The van der Waals surface area contributed by atoms with Crippen LogP contribution in [0.3, 0.4) is 0 Å². The Bertz CT molecular complexity index is 3310. The van der Waals surface area contributed by atoms with E-state index in [2.05, 4.69) is 182 Å². The van der Waals surface area contributed by atoms with Gasteiger partial charge in [0, 0.05) is 22.1 Å². The molecule has 5 atom stereocenters. The zero-order chi connectivity index (χ0) is 44.3. The zero-order valence-electron chi connectivity index (χ0n) is 37.5. The van der Waals surface area contributed by atoms with Gasteiger partial charge in [-0.1, -0.05) is 212 Å². The molecule has 8 aromatic carbocycles. The van der Waals surface area contributed by atoms with Gasteiger partial charge in [0.15, 0.2) is 17.5 Å². The fraction of sp³-hybridized carbons (Fsp3) is 0.172. The van der Waals surface area contributed by atoms with Crippen molar-refractivity contribution in [3.05, 3.63) is 252 Å². The lowest BCUT2D eigenvalue weighted by Crippen LogP contribution is -2.40. The fourth-order valence-corrected chi connectivity index (χ4v) is 13.2. The van der Waals surface area contributed by atoms with E-state index in [-0.39, 0.29) is 5.41 Å². The van der Waals surface area contributed by atoms with Gasteiger partial charge in [0.2, 0.25) is 0 Å². The first kappa shape index (κ1) is 39.8. The van der Waals surface area contributed by atoms with Crippen LogP contribution in [0.15, 0.2) is 218 Å². The van der Waals surface area contributed by atoms with Crippen molar-refractivity contribution in [2.75, 3.05) is 0 Å². The molecule has 9 aromatic rings. The fourth-order valence-electron chi connectivity index (χ4n) is 13.2. The Balaban J connectivity index is 0.896. The molecule has 3 heteroatoms. The van der Waals surface area contributed by atoms with Gasteiger partial charge in [0.1, 0.15) is 0 Å². The van der Waals surface area contributed by atoms with Crippen LogP contribution in [-0.4, -0.2) is 15.0 Å². The molecule has 0 radical (unpaired) electrons. The molecular formula is C64H51N3. The molecule has 2 saturated carbocycles. The van der Waals surface area contributed by atoms with Crippen molar-refractivity contribution in [3.63, 3.8) is 0 Å². The number of hydrogen-bond donors (Lipinski definition) is 0. The second-order valence-electron chi connectivity index (χ2n) is 19.2. The smallest absolute Gasteiger partial charge is 0.164 e. The second kappa shape index (κ2) is 16.4. The average Bonchev–Trinajstić information content (AvgIpc) is 3.72. The highest BCUT2D eigenvalue weighted by Gasteiger charge is 2.61. The van der Waals surface area contributed by atoms with Gasteiger partial charge in [-0.05, 0) is 128 Å². The van der Waals surface area contributed by atoms with E-state index < -0.39 is 0 Å². The van der Waals surface area contributed by atoms with E-state index in [1.807, 2.05) is 36.4 Å². The van der Waals surface area contributed by atoms with E-state index in [1.165, 1.54) is 79.8 Å². The number of rotatable bonds is 7. The van der Waals surface area contributed by atoms with Crippen LogP contribution in [0.2, 0.25) is 0 Å². The average molecular weight is 862 g/mol. The van der Waals surface area contributed by atoms with Crippen LogP contribution >= 0.6 is 0 Å². The highest BCUT2D eigenvalue weighted by Crippen LogP contribution is 2.66. The summed E-state index contributed by atoms with van der Waals surface area (Å²) in [5.41, 5.74) is 12.6. The predicted octanol–water partition coefficient (Wildman–Crippen LogP) is 15.4. The summed E-state index contributed by atoms with van der Waals surface area (Å²) in [6, 6.07) is 69.1. The summed E-state index contributed by atoms with van der Waals surface area (Å²) in [4.78, 5) is 15.2. The molecule has 67 heavy (non-hydrogen) atoms. The van der Waals surface area contributed by atoms with E-state index in [1.54, 1.807) is 0 Å². The quantitative estimate of drug-likeness (QED) is 0.150. The van der Waals surface area contributed by atoms with Gasteiger partial charge in [0.25, 0.3) is 0 Å². The van der Waals surface area contributed by atoms with Crippen LogP contribution in [0.25, 0.3) is 61.3 Å². The Morgan fingerprint density at radius 1 is 0.463 bits per heavy atom. The highest BCUT2D eigenvalue weighted by molar-refractivity contribution is 6.15. The van der Waals surface area contributed by atoms with E-state index >= 15 is 0 Å². The molecule has 0 bridgehead atoms. The van der Waals surface area contributed by atoms with Gasteiger partial charge in [-0.15, -0.1) is 0 Å². The van der Waals surface area contributed by atoms with Crippen LogP contribution in [0.5, 0.6) is 0 Å². The van der Waals surface area contributed by atoms with Crippen LogP contribution in [-0.2, 0) is 11.8 Å². The van der Waals surface area contributed by atoms with Crippen molar-refractivity contribution in [1.29, 1.82) is 0 Å². The Labute approximate surface area is 393 Å². The number of hydrogen-bond acceptors (Lipinski definition) is 3. The summed E-state index contributed by atoms with van der Waals surface area (Å²) < 4.78 is 0. The molecule has 4 aliphatic rings. The SMILES string of the molecule is C1=CC2C3CC(c4ccc5c6c(c7ccccc7c5c4)CCC=C6c4cccc(-c5nc(-c6ccccc6)nc(-c6ccccc6)n5)c4)CCC3C(c3ccccc3)(c3ccccc3)C2C=C1. The molecular weight excluding hydrogens is 811 g/mol. The first-order valence-corrected chi connectivity index (χ1v) is 24.3. The number of aromatic nitrogens is 3. The van der Waals surface area contributed by atoms with Gasteiger partial charge >= 0.3 is 0 Å². The van der Waals surface area contributed by atoms with Crippen molar-refractivity contribution in [2.24, 2.45) is 23.7 Å². The van der Waals surface area contributed by atoms with Crippen LogP contribution < -0.4 is 0 Å². The standard InChI is InChI=1S/C64H51N3/c1-5-19-42(20-6-1)61-65-62(43-21-7-2-8-22-43)67-63(66-61)47-24-17-23-46(39-47)50-32-18-33-54-51-29-13-14-30-52(51)56-40-44(35-37-55(56)60(50)54)45-36-38-59-57(41-45)53-31-15-16-34-58(53)64(59,48-25-9-3-10-26-48)49-27-11-4-12-28-49/h1-17,19-32,34-35,37,39-40,45,53,57-59H,18,33,36,38,41H2. The predicted molar refractivity (Wildman–Crippen MR) is 275 cm³/mol. The molecule has 4 aliphatic carbocycles. The Morgan fingerprint density at radius 3 is 1.73 bits per heavy atom. The van der Waals surface area contributed by atoms with Crippen molar-refractivity contribution in [1.82, 2.24) is 15.0 Å². The van der Waals surface area contributed by atoms with Gasteiger partial charge < -0.3 is 0 Å². The van der Waals surface area contributed by atoms with Crippen molar-refractivity contribution in [3.8, 4) is 34.2 Å². The molecule has 1 heterocycles. The van der Waals surface area contributed by atoms with E-state index in [0.717, 1.165) is 29.5 Å². The maximum atomic E-state index is 5.11. The Kier molecular flexibility index (Phi) is 9.77. The van der Waals surface area contributed by atoms with Crippen molar-refractivity contribution >= 4 is 27.1 Å². The van der Waals surface area contributed by atoms with E-state index in [4.69, 9.17) is 15.0 Å². The van der Waals surface area contributed by atoms with Crippen LogP contribution in [0.1, 0.15) is 65.0 Å². The van der Waals surface area contributed by atoms with Crippen molar-refractivity contribution < 1.29 is 0 Å². The minimum atomic E-state index is -0.0549. The van der Waals surface area contributed by atoms with Gasteiger partial charge in [0.05, 0.1) is 0 Å². The molecule has 2 fully saturated rings. The van der Waals surface area contributed by atoms with Gasteiger partial charge in [-0.2, -0.15) is 0 Å². The first-order valence-electron chi connectivity index (χ1n) is 24.3. The first-order chi connectivity index (χ1) is 33.2. The number of benzene rings is 8.